The third-order valence-electron chi connectivity index (χ3n) is 4.54. The van der Waals surface area contributed by atoms with Crippen molar-refractivity contribution in [3.05, 3.63) is 64.7 Å². The Balaban J connectivity index is 1.42. The Morgan fingerprint density at radius 3 is 2.65 bits per heavy atom. The van der Waals surface area contributed by atoms with Gasteiger partial charge in [0, 0.05) is 5.92 Å². The van der Waals surface area contributed by atoms with Gasteiger partial charge in [-0.25, -0.2) is 4.98 Å². The third kappa shape index (κ3) is 3.31. The quantitative estimate of drug-likeness (QED) is 0.715. The molecule has 4 rings (SSSR count). The molecule has 0 unspecified atom stereocenters. The van der Waals surface area contributed by atoms with Crippen LogP contribution in [0.25, 0.3) is 10.2 Å². The van der Waals surface area contributed by atoms with Crippen LogP contribution in [0.2, 0.25) is 0 Å². The van der Waals surface area contributed by atoms with Crippen molar-refractivity contribution >= 4 is 27.5 Å². The standard InChI is InChI=1S/C19H15F3N2OS/c20-19(21,22)14-6-2-1-5-11(14)12-9-13(12)18(25)23-10-17-24-15-7-3-4-8-16(15)26-17/h1-8,12-13H,9-10H2,(H,23,25)/t12-,13-/m1/s1. The average molecular weight is 376 g/mol. The number of carbonyl (C=O) groups excluding carboxylic acids is 1. The number of alkyl halides is 3. The SMILES string of the molecule is O=C(NCc1nc2ccccc2s1)[C@@H]1C[C@@H]1c1ccccc1C(F)(F)F. The van der Waals surface area contributed by atoms with Gasteiger partial charge in [-0.05, 0) is 36.1 Å². The molecular formula is C19H15F3N2OS. The van der Waals surface area contributed by atoms with Gasteiger partial charge < -0.3 is 5.32 Å². The van der Waals surface area contributed by atoms with E-state index in [2.05, 4.69) is 10.3 Å². The normalized spacial score (nSPS) is 19.5. The lowest BCUT2D eigenvalue weighted by atomic mass is 10.0. The molecule has 7 heteroatoms. The van der Waals surface area contributed by atoms with E-state index in [0.29, 0.717) is 13.0 Å². The highest BCUT2D eigenvalue weighted by molar-refractivity contribution is 7.18. The summed E-state index contributed by atoms with van der Waals surface area (Å²) >= 11 is 1.50. The molecule has 1 fully saturated rings. The zero-order chi connectivity index (χ0) is 18.3. The maximum absolute atomic E-state index is 13.1. The largest absolute Gasteiger partial charge is 0.416 e. The number of thiazole rings is 1. The Bertz CT molecular complexity index is 934. The van der Waals surface area contributed by atoms with Crippen molar-refractivity contribution < 1.29 is 18.0 Å². The number of benzene rings is 2. The molecule has 1 aliphatic rings. The maximum atomic E-state index is 13.1. The van der Waals surface area contributed by atoms with Crippen LogP contribution in [0.3, 0.4) is 0 Å². The molecule has 0 spiro atoms. The molecule has 0 aliphatic heterocycles. The molecule has 1 aliphatic carbocycles. The number of hydrogen-bond acceptors (Lipinski definition) is 3. The lowest BCUT2D eigenvalue weighted by Crippen LogP contribution is -2.25. The van der Waals surface area contributed by atoms with Gasteiger partial charge in [0.05, 0.1) is 22.3 Å². The van der Waals surface area contributed by atoms with Crippen LogP contribution in [0.4, 0.5) is 13.2 Å². The average Bonchev–Trinajstić information content (AvgIpc) is 3.31. The fourth-order valence-corrected chi connectivity index (χ4v) is 4.10. The summed E-state index contributed by atoms with van der Waals surface area (Å²) < 4.78 is 40.4. The van der Waals surface area contributed by atoms with Gasteiger partial charge in [0.1, 0.15) is 5.01 Å². The fourth-order valence-electron chi connectivity index (χ4n) is 3.20. The molecule has 1 aromatic heterocycles. The van der Waals surface area contributed by atoms with E-state index in [9.17, 15) is 18.0 Å². The summed E-state index contributed by atoms with van der Waals surface area (Å²) in [5, 5.41) is 3.59. The minimum atomic E-state index is -4.40. The van der Waals surface area contributed by atoms with Crippen LogP contribution in [0, 0.1) is 5.92 Å². The fraction of sp³-hybridized carbons (Fsp3) is 0.263. The maximum Gasteiger partial charge on any atom is 0.416 e. The van der Waals surface area contributed by atoms with Crippen LogP contribution < -0.4 is 5.32 Å². The van der Waals surface area contributed by atoms with E-state index >= 15 is 0 Å². The number of fused-ring (bicyclic) bond motifs is 1. The van der Waals surface area contributed by atoms with Crippen LogP contribution in [0.15, 0.2) is 48.5 Å². The predicted molar refractivity (Wildman–Crippen MR) is 93.8 cm³/mol. The van der Waals surface area contributed by atoms with Crippen LogP contribution in [0.1, 0.15) is 28.5 Å². The predicted octanol–water partition coefficient (Wildman–Crippen LogP) is 4.74. The van der Waals surface area contributed by atoms with Crippen molar-refractivity contribution in [1.82, 2.24) is 10.3 Å². The summed E-state index contributed by atoms with van der Waals surface area (Å²) in [7, 11) is 0. The van der Waals surface area contributed by atoms with Crippen molar-refractivity contribution in [2.24, 2.45) is 5.92 Å². The number of nitrogens with one attached hydrogen (secondary N) is 1. The van der Waals surface area contributed by atoms with E-state index < -0.39 is 17.7 Å². The van der Waals surface area contributed by atoms with Crippen molar-refractivity contribution in [2.75, 3.05) is 0 Å². The number of halogens is 3. The van der Waals surface area contributed by atoms with Gasteiger partial charge in [-0.1, -0.05) is 30.3 Å². The number of aromatic nitrogens is 1. The monoisotopic (exact) mass is 376 g/mol. The zero-order valence-electron chi connectivity index (χ0n) is 13.6. The minimum Gasteiger partial charge on any atom is -0.349 e. The first kappa shape index (κ1) is 17.0. The van der Waals surface area contributed by atoms with Gasteiger partial charge in [0.15, 0.2) is 0 Å². The molecule has 1 N–H and O–H groups in total. The van der Waals surface area contributed by atoms with Crippen molar-refractivity contribution in [3.63, 3.8) is 0 Å². The molecule has 0 saturated heterocycles. The molecule has 3 aromatic rings. The molecule has 1 heterocycles. The Labute approximate surface area is 151 Å². The molecule has 2 atom stereocenters. The Morgan fingerprint density at radius 2 is 1.88 bits per heavy atom. The smallest absolute Gasteiger partial charge is 0.349 e. The molecule has 2 aromatic carbocycles. The first-order valence-electron chi connectivity index (χ1n) is 8.22. The van der Waals surface area contributed by atoms with E-state index in [1.165, 1.54) is 23.5 Å². The van der Waals surface area contributed by atoms with E-state index in [0.717, 1.165) is 21.3 Å². The number of carbonyl (C=O) groups is 1. The van der Waals surface area contributed by atoms with Crippen molar-refractivity contribution in [2.45, 2.75) is 25.1 Å². The molecule has 26 heavy (non-hydrogen) atoms. The summed E-state index contributed by atoms with van der Waals surface area (Å²) in [4.78, 5) is 16.8. The summed E-state index contributed by atoms with van der Waals surface area (Å²) in [5.74, 6) is -0.998. The molecular weight excluding hydrogens is 361 g/mol. The lowest BCUT2D eigenvalue weighted by Gasteiger charge is -2.12. The van der Waals surface area contributed by atoms with E-state index in [-0.39, 0.29) is 17.4 Å². The highest BCUT2D eigenvalue weighted by atomic mass is 32.1. The first-order chi connectivity index (χ1) is 12.4. The third-order valence-corrected chi connectivity index (χ3v) is 5.58. The zero-order valence-corrected chi connectivity index (χ0v) is 14.4. The molecule has 134 valence electrons. The summed E-state index contributed by atoms with van der Waals surface area (Å²) in [6, 6.07) is 13.2. The van der Waals surface area contributed by atoms with E-state index in [1.807, 2.05) is 24.3 Å². The van der Waals surface area contributed by atoms with E-state index in [4.69, 9.17) is 0 Å². The van der Waals surface area contributed by atoms with Crippen LogP contribution >= 0.6 is 11.3 Å². The Hall–Kier alpha value is -2.41. The van der Waals surface area contributed by atoms with Crippen molar-refractivity contribution in [1.29, 1.82) is 0 Å². The topological polar surface area (TPSA) is 42.0 Å². The Morgan fingerprint density at radius 1 is 1.15 bits per heavy atom. The van der Waals surface area contributed by atoms with Gasteiger partial charge in [0.2, 0.25) is 5.91 Å². The second-order valence-corrected chi connectivity index (χ2v) is 7.44. The number of rotatable bonds is 4. The van der Waals surface area contributed by atoms with Gasteiger partial charge in [-0.15, -0.1) is 11.3 Å². The number of hydrogen-bond donors (Lipinski definition) is 1. The highest BCUT2D eigenvalue weighted by Gasteiger charge is 2.47. The molecule has 1 saturated carbocycles. The highest BCUT2D eigenvalue weighted by Crippen LogP contribution is 2.51. The van der Waals surface area contributed by atoms with Gasteiger partial charge in [0.25, 0.3) is 0 Å². The van der Waals surface area contributed by atoms with Crippen LogP contribution in [-0.2, 0) is 17.5 Å². The van der Waals surface area contributed by atoms with Crippen LogP contribution in [0.5, 0.6) is 0 Å². The van der Waals surface area contributed by atoms with Crippen LogP contribution in [-0.4, -0.2) is 10.9 Å². The Kier molecular flexibility index (Phi) is 4.19. The number of amides is 1. The summed E-state index contributed by atoms with van der Waals surface area (Å²) in [6.45, 7) is 0.294. The molecule has 3 nitrogen and oxygen atoms in total. The second kappa shape index (κ2) is 6.39. The van der Waals surface area contributed by atoms with Gasteiger partial charge in [-0.3, -0.25) is 4.79 Å². The van der Waals surface area contributed by atoms with Crippen molar-refractivity contribution in [3.8, 4) is 0 Å². The first-order valence-corrected chi connectivity index (χ1v) is 9.03. The molecule has 0 radical (unpaired) electrons. The molecule has 0 bridgehead atoms. The lowest BCUT2D eigenvalue weighted by molar-refractivity contribution is -0.138. The van der Waals surface area contributed by atoms with Gasteiger partial charge >= 0.3 is 6.18 Å². The van der Waals surface area contributed by atoms with Gasteiger partial charge in [-0.2, -0.15) is 13.2 Å². The summed E-state index contributed by atoms with van der Waals surface area (Å²) in [5.41, 5.74) is 0.441. The minimum absolute atomic E-state index is 0.208. The second-order valence-electron chi connectivity index (χ2n) is 6.33. The van der Waals surface area contributed by atoms with E-state index in [1.54, 1.807) is 6.07 Å². The molecule has 1 amide bonds. The number of nitrogens with zero attached hydrogens (tertiary/aromatic N) is 1. The number of para-hydroxylation sites is 1. The summed E-state index contributed by atoms with van der Waals surface area (Å²) in [6.07, 6.45) is -3.96.